The van der Waals surface area contributed by atoms with Gasteiger partial charge in [0.15, 0.2) is 0 Å². The van der Waals surface area contributed by atoms with E-state index in [1.165, 1.54) is 0 Å². The van der Waals surface area contributed by atoms with Crippen molar-refractivity contribution < 1.29 is 8.42 Å². The van der Waals surface area contributed by atoms with Gasteiger partial charge >= 0.3 is 0 Å². The number of hydrogen-bond donors (Lipinski definition) is 1. The van der Waals surface area contributed by atoms with Crippen LogP contribution in [-0.4, -0.2) is 18.2 Å². The molecule has 16 heavy (non-hydrogen) atoms. The van der Waals surface area contributed by atoms with Gasteiger partial charge in [-0.05, 0) is 31.5 Å². The Morgan fingerprint density at radius 1 is 1.31 bits per heavy atom. The Morgan fingerprint density at radius 2 is 1.94 bits per heavy atom. The van der Waals surface area contributed by atoms with Gasteiger partial charge in [0.1, 0.15) is 4.90 Å². The molecule has 0 spiro atoms. The normalized spacial score (nSPS) is 12.2. The van der Waals surface area contributed by atoms with Gasteiger partial charge in [-0.2, -0.15) is 5.10 Å². The van der Waals surface area contributed by atoms with Crippen molar-refractivity contribution in [3.05, 3.63) is 23.4 Å². The molecule has 0 aliphatic heterocycles. The van der Waals surface area contributed by atoms with Gasteiger partial charge in [-0.3, -0.25) is 4.68 Å². The molecule has 86 valence electrons. The fourth-order valence-electron chi connectivity index (χ4n) is 1.90. The Morgan fingerprint density at radius 3 is 2.50 bits per heavy atom. The summed E-state index contributed by atoms with van der Waals surface area (Å²) < 4.78 is 24.5. The van der Waals surface area contributed by atoms with E-state index >= 15 is 0 Å². The number of aromatic nitrogens is 2. The van der Waals surface area contributed by atoms with Crippen molar-refractivity contribution >= 4 is 20.9 Å². The summed E-state index contributed by atoms with van der Waals surface area (Å²) in [5.74, 6) is 0. The van der Waals surface area contributed by atoms with Gasteiger partial charge in [0.25, 0.3) is 0 Å². The second kappa shape index (κ2) is 3.29. The minimum Gasteiger partial charge on any atom is -0.266 e. The predicted molar refractivity (Wildman–Crippen MR) is 61.6 cm³/mol. The minimum absolute atomic E-state index is 0.130. The van der Waals surface area contributed by atoms with Crippen LogP contribution in [0.1, 0.15) is 11.3 Å². The molecule has 0 aliphatic carbocycles. The van der Waals surface area contributed by atoms with Crippen LogP contribution in [0, 0.1) is 13.8 Å². The van der Waals surface area contributed by atoms with Crippen LogP contribution in [0.15, 0.2) is 17.0 Å². The molecule has 0 aliphatic rings. The van der Waals surface area contributed by atoms with Crippen molar-refractivity contribution in [3.63, 3.8) is 0 Å². The second-order valence-corrected chi connectivity index (χ2v) is 5.44. The maximum absolute atomic E-state index is 11.5. The molecule has 0 saturated carbocycles. The van der Waals surface area contributed by atoms with Crippen molar-refractivity contribution in [3.8, 4) is 0 Å². The Kier molecular flexibility index (Phi) is 2.28. The highest BCUT2D eigenvalue weighted by Gasteiger charge is 2.18. The number of primary sulfonamides is 1. The van der Waals surface area contributed by atoms with Crippen LogP contribution in [0.4, 0.5) is 0 Å². The smallest absolute Gasteiger partial charge is 0.240 e. The van der Waals surface area contributed by atoms with Crippen LogP contribution in [-0.2, 0) is 17.1 Å². The molecule has 0 atom stereocenters. The zero-order valence-corrected chi connectivity index (χ0v) is 10.2. The summed E-state index contributed by atoms with van der Waals surface area (Å²) in [6.45, 7) is 3.68. The number of aryl methyl sites for hydroxylation is 3. The fourth-order valence-corrected chi connectivity index (χ4v) is 2.76. The average molecular weight is 239 g/mol. The van der Waals surface area contributed by atoms with E-state index in [9.17, 15) is 8.42 Å². The van der Waals surface area contributed by atoms with Gasteiger partial charge in [-0.15, -0.1) is 0 Å². The van der Waals surface area contributed by atoms with E-state index in [0.29, 0.717) is 5.52 Å². The molecule has 1 aromatic carbocycles. The first-order chi connectivity index (χ1) is 7.30. The Bertz CT molecular complexity index is 671. The molecular formula is C10H13N3O2S. The number of fused-ring (bicyclic) bond motifs is 1. The summed E-state index contributed by atoms with van der Waals surface area (Å²) >= 11 is 0. The molecule has 6 heteroatoms. The van der Waals surface area contributed by atoms with Crippen LogP contribution in [0.2, 0.25) is 0 Å². The molecule has 2 N–H and O–H groups in total. The van der Waals surface area contributed by atoms with Crippen molar-refractivity contribution in [2.24, 2.45) is 12.2 Å². The second-order valence-electron chi connectivity index (χ2n) is 3.91. The molecule has 2 rings (SSSR count). The highest BCUT2D eigenvalue weighted by Crippen LogP contribution is 2.25. The lowest BCUT2D eigenvalue weighted by Crippen LogP contribution is -2.14. The van der Waals surface area contributed by atoms with Crippen molar-refractivity contribution in [2.45, 2.75) is 18.7 Å². The third-order valence-electron chi connectivity index (χ3n) is 2.54. The Balaban J connectivity index is 3.04. The van der Waals surface area contributed by atoms with Crippen molar-refractivity contribution in [1.82, 2.24) is 9.78 Å². The van der Waals surface area contributed by atoms with Crippen LogP contribution < -0.4 is 5.14 Å². The molecule has 0 fully saturated rings. The maximum atomic E-state index is 11.5. The van der Waals surface area contributed by atoms with Gasteiger partial charge in [-0.1, -0.05) is 0 Å². The maximum Gasteiger partial charge on any atom is 0.240 e. The molecule has 0 saturated heterocycles. The van der Waals surface area contributed by atoms with Crippen LogP contribution in [0.5, 0.6) is 0 Å². The van der Waals surface area contributed by atoms with E-state index in [0.717, 1.165) is 16.6 Å². The van der Waals surface area contributed by atoms with E-state index < -0.39 is 10.0 Å². The van der Waals surface area contributed by atoms with E-state index in [-0.39, 0.29) is 4.90 Å². The molecule has 2 aromatic rings. The lowest BCUT2D eigenvalue weighted by Gasteiger charge is -2.04. The average Bonchev–Trinajstić information content (AvgIpc) is 2.40. The summed E-state index contributed by atoms with van der Waals surface area (Å²) in [6.07, 6.45) is 0. The standard InChI is InChI=1S/C10H13N3O2S/c1-6-4-8-7(2)12-13(3)10(8)9(5-6)16(11,14)15/h4-5H,1-3H3,(H2,11,14,15). The lowest BCUT2D eigenvalue weighted by molar-refractivity contribution is 0.597. The first kappa shape index (κ1) is 11.1. The summed E-state index contributed by atoms with van der Waals surface area (Å²) in [6, 6.07) is 3.48. The molecular weight excluding hydrogens is 226 g/mol. The number of rotatable bonds is 1. The number of hydrogen-bond acceptors (Lipinski definition) is 3. The van der Waals surface area contributed by atoms with E-state index in [4.69, 9.17) is 5.14 Å². The molecule has 0 bridgehead atoms. The fraction of sp³-hybridized carbons (Fsp3) is 0.300. The number of nitrogens with two attached hydrogens (primary N) is 1. The Hall–Kier alpha value is -1.40. The molecule has 5 nitrogen and oxygen atoms in total. The summed E-state index contributed by atoms with van der Waals surface area (Å²) in [5.41, 5.74) is 2.21. The first-order valence-electron chi connectivity index (χ1n) is 4.77. The monoisotopic (exact) mass is 239 g/mol. The summed E-state index contributed by atoms with van der Waals surface area (Å²) in [5, 5.41) is 10.2. The van der Waals surface area contributed by atoms with Crippen LogP contribution in [0.25, 0.3) is 10.9 Å². The topological polar surface area (TPSA) is 78.0 Å². The summed E-state index contributed by atoms with van der Waals surface area (Å²) in [4.78, 5) is 0.130. The van der Waals surface area contributed by atoms with E-state index in [2.05, 4.69) is 5.10 Å². The molecule has 1 heterocycles. The predicted octanol–water partition coefficient (Wildman–Crippen LogP) is 0.838. The van der Waals surface area contributed by atoms with Crippen molar-refractivity contribution in [1.29, 1.82) is 0 Å². The SMILES string of the molecule is Cc1cc(S(N)(=O)=O)c2c(c1)c(C)nn2C. The molecule has 0 unspecified atom stereocenters. The first-order valence-corrected chi connectivity index (χ1v) is 6.32. The highest BCUT2D eigenvalue weighted by atomic mass is 32.2. The Labute approximate surface area is 93.9 Å². The highest BCUT2D eigenvalue weighted by molar-refractivity contribution is 7.89. The zero-order chi connectivity index (χ0) is 12.1. The number of benzene rings is 1. The molecule has 0 radical (unpaired) electrons. The van der Waals surface area contributed by atoms with E-state index in [1.807, 2.05) is 19.9 Å². The van der Waals surface area contributed by atoms with Crippen LogP contribution in [0.3, 0.4) is 0 Å². The largest absolute Gasteiger partial charge is 0.266 e. The number of nitrogens with zero attached hydrogens (tertiary/aromatic N) is 2. The van der Waals surface area contributed by atoms with E-state index in [1.54, 1.807) is 17.8 Å². The summed E-state index contributed by atoms with van der Waals surface area (Å²) in [7, 11) is -2.01. The molecule has 1 aromatic heterocycles. The quantitative estimate of drug-likeness (QED) is 0.801. The number of sulfonamides is 1. The zero-order valence-electron chi connectivity index (χ0n) is 9.35. The third-order valence-corrected chi connectivity index (χ3v) is 3.46. The van der Waals surface area contributed by atoms with Crippen LogP contribution >= 0.6 is 0 Å². The molecule has 0 amide bonds. The third kappa shape index (κ3) is 1.60. The van der Waals surface area contributed by atoms with Gasteiger partial charge in [0, 0.05) is 12.4 Å². The van der Waals surface area contributed by atoms with Gasteiger partial charge in [0.2, 0.25) is 10.0 Å². The van der Waals surface area contributed by atoms with Gasteiger partial charge in [0.05, 0.1) is 11.2 Å². The van der Waals surface area contributed by atoms with Crippen molar-refractivity contribution in [2.75, 3.05) is 0 Å². The van der Waals surface area contributed by atoms with Gasteiger partial charge < -0.3 is 0 Å². The minimum atomic E-state index is -3.72. The lowest BCUT2D eigenvalue weighted by atomic mass is 10.1. The van der Waals surface area contributed by atoms with Gasteiger partial charge in [-0.25, -0.2) is 13.6 Å².